The standard InChI is InChI=1S/C7H4N3O/c1-2-9-6(3-8-1)7-4-11-5-10-7/h1,3-5H. The Morgan fingerprint density at radius 2 is 2.36 bits per heavy atom. The van der Waals surface area contributed by atoms with Crippen LogP contribution in [0.25, 0.3) is 11.4 Å². The summed E-state index contributed by atoms with van der Waals surface area (Å²) >= 11 is 0. The van der Waals surface area contributed by atoms with E-state index >= 15 is 0 Å². The number of hydrogen-bond donors (Lipinski definition) is 0. The first-order valence-electron chi connectivity index (χ1n) is 3.03. The van der Waals surface area contributed by atoms with Crippen LogP contribution in [0, 0.1) is 6.20 Å². The van der Waals surface area contributed by atoms with Crippen LogP contribution in [0.15, 0.2) is 29.5 Å². The molecular weight excluding hydrogens is 142 g/mol. The highest BCUT2D eigenvalue weighted by atomic mass is 16.3. The number of oxazole rings is 1. The lowest BCUT2D eigenvalue weighted by Crippen LogP contribution is -1.83. The molecule has 11 heavy (non-hydrogen) atoms. The van der Waals surface area contributed by atoms with Gasteiger partial charge in [0.2, 0.25) is 0 Å². The second kappa shape index (κ2) is 2.49. The third kappa shape index (κ3) is 1.10. The molecule has 0 aliphatic carbocycles. The van der Waals surface area contributed by atoms with Crippen LogP contribution < -0.4 is 0 Å². The lowest BCUT2D eigenvalue weighted by Gasteiger charge is -1.88. The van der Waals surface area contributed by atoms with Crippen molar-refractivity contribution >= 4 is 0 Å². The summed E-state index contributed by atoms with van der Waals surface area (Å²) in [6.45, 7) is 0. The summed E-state index contributed by atoms with van der Waals surface area (Å²) in [5.41, 5.74) is 1.34. The van der Waals surface area contributed by atoms with Gasteiger partial charge in [0, 0.05) is 0 Å². The lowest BCUT2D eigenvalue weighted by atomic mass is 10.4. The minimum atomic E-state index is 0.668. The number of hydrogen-bond acceptors (Lipinski definition) is 4. The van der Waals surface area contributed by atoms with Gasteiger partial charge in [0.1, 0.15) is 23.8 Å². The normalized spacial score (nSPS) is 9.82. The molecule has 0 fully saturated rings. The number of rotatable bonds is 1. The summed E-state index contributed by atoms with van der Waals surface area (Å²) in [6, 6.07) is 0. The molecule has 0 saturated heterocycles. The van der Waals surface area contributed by atoms with Crippen LogP contribution >= 0.6 is 0 Å². The van der Waals surface area contributed by atoms with Crippen molar-refractivity contribution in [2.24, 2.45) is 0 Å². The van der Waals surface area contributed by atoms with Gasteiger partial charge in [0.25, 0.3) is 0 Å². The molecule has 0 spiro atoms. The maximum absolute atomic E-state index is 4.78. The summed E-state index contributed by atoms with van der Waals surface area (Å²) in [7, 11) is 0. The topological polar surface area (TPSA) is 51.8 Å². The number of aromatic nitrogens is 3. The number of nitrogens with zero attached hydrogens (tertiary/aromatic N) is 3. The van der Waals surface area contributed by atoms with E-state index in [1.807, 2.05) is 0 Å². The van der Waals surface area contributed by atoms with Crippen molar-refractivity contribution in [3.05, 3.63) is 31.2 Å². The summed E-state index contributed by atoms with van der Waals surface area (Å²) in [5, 5.41) is 0. The van der Waals surface area contributed by atoms with Crippen molar-refractivity contribution in [1.82, 2.24) is 15.0 Å². The molecule has 0 saturated carbocycles. The van der Waals surface area contributed by atoms with Crippen LogP contribution in [0.1, 0.15) is 0 Å². The van der Waals surface area contributed by atoms with Crippen LogP contribution in [-0.4, -0.2) is 15.0 Å². The highest BCUT2D eigenvalue weighted by molar-refractivity contribution is 5.49. The summed E-state index contributed by atoms with van der Waals surface area (Å²) in [5.74, 6) is 0. The predicted octanol–water partition coefficient (Wildman–Crippen LogP) is 0.932. The van der Waals surface area contributed by atoms with Gasteiger partial charge in [-0.2, -0.15) is 0 Å². The molecule has 4 heteroatoms. The van der Waals surface area contributed by atoms with Gasteiger partial charge in [-0.25, -0.2) is 9.97 Å². The molecule has 0 atom stereocenters. The highest BCUT2D eigenvalue weighted by Gasteiger charge is 1.99. The van der Waals surface area contributed by atoms with E-state index in [9.17, 15) is 0 Å². The van der Waals surface area contributed by atoms with Gasteiger partial charge in [-0.15, -0.1) is 0 Å². The van der Waals surface area contributed by atoms with Crippen LogP contribution in [0.2, 0.25) is 0 Å². The van der Waals surface area contributed by atoms with Crippen molar-refractivity contribution in [3.8, 4) is 11.4 Å². The molecule has 0 unspecified atom stereocenters. The second-order valence-corrected chi connectivity index (χ2v) is 1.91. The van der Waals surface area contributed by atoms with Crippen LogP contribution in [0.3, 0.4) is 0 Å². The third-order valence-electron chi connectivity index (χ3n) is 1.21. The van der Waals surface area contributed by atoms with E-state index < -0.39 is 0 Å². The van der Waals surface area contributed by atoms with Gasteiger partial charge in [-0.05, 0) is 0 Å². The molecule has 0 aromatic carbocycles. The zero-order chi connectivity index (χ0) is 7.52. The Morgan fingerprint density at radius 3 is 3.00 bits per heavy atom. The molecule has 0 amide bonds. The molecule has 1 radical (unpaired) electrons. The van der Waals surface area contributed by atoms with E-state index in [4.69, 9.17) is 4.42 Å². The summed E-state index contributed by atoms with van der Waals surface area (Å²) in [6.07, 6.45) is 8.56. The highest BCUT2D eigenvalue weighted by Crippen LogP contribution is 2.10. The maximum Gasteiger partial charge on any atom is 0.181 e. The third-order valence-corrected chi connectivity index (χ3v) is 1.21. The molecular formula is C7H4N3O. The minimum absolute atomic E-state index is 0.668. The largest absolute Gasteiger partial charge is 0.451 e. The smallest absolute Gasteiger partial charge is 0.181 e. The average Bonchev–Trinajstić information content (AvgIpc) is 2.58. The molecule has 2 heterocycles. The van der Waals surface area contributed by atoms with Crippen molar-refractivity contribution in [3.63, 3.8) is 0 Å². The molecule has 53 valence electrons. The first-order chi connectivity index (χ1) is 5.47. The van der Waals surface area contributed by atoms with Crippen molar-refractivity contribution in [2.45, 2.75) is 0 Å². The van der Waals surface area contributed by atoms with Crippen LogP contribution in [-0.2, 0) is 0 Å². The van der Waals surface area contributed by atoms with Crippen LogP contribution in [0.4, 0.5) is 0 Å². The quantitative estimate of drug-likeness (QED) is 0.600. The maximum atomic E-state index is 4.78. The lowest BCUT2D eigenvalue weighted by molar-refractivity contribution is 0.558. The Labute approximate surface area is 62.9 Å². The molecule has 2 aromatic rings. The fourth-order valence-electron chi connectivity index (χ4n) is 0.731. The average molecular weight is 146 g/mol. The van der Waals surface area contributed by atoms with E-state index in [1.165, 1.54) is 18.9 Å². The van der Waals surface area contributed by atoms with Gasteiger partial charge < -0.3 is 4.42 Å². The van der Waals surface area contributed by atoms with Crippen LogP contribution in [0.5, 0.6) is 0 Å². The van der Waals surface area contributed by atoms with Gasteiger partial charge in [0.15, 0.2) is 6.39 Å². The van der Waals surface area contributed by atoms with Gasteiger partial charge in [0.05, 0.1) is 12.4 Å². The summed E-state index contributed by atoms with van der Waals surface area (Å²) < 4.78 is 4.78. The fourth-order valence-corrected chi connectivity index (χ4v) is 0.731. The van der Waals surface area contributed by atoms with Gasteiger partial charge >= 0.3 is 0 Å². The molecule has 0 aliphatic rings. The Hall–Kier alpha value is -1.71. The summed E-state index contributed by atoms with van der Waals surface area (Å²) in [4.78, 5) is 11.6. The van der Waals surface area contributed by atoms with Crippen molar-refractivity contribution < 1.29 is 4.42 Å². The zero-order valence-electron chi connectivity index (χ0n) is 5.56. The van der Waals surface area contributed by atoms with E-state index in [0.717, 1.165) is 0 Å². The first-order valence-corrected chi connectivity index (χ1v) is 3.03. The molecule has 4 nitrogen and oxygen atoms in total. The Bertz CT molecular complexity index is 317. The molecule has 0 aliphatic heterocycles. The molecule has 2 aromatic heterocycles. The Morgan fingerprint density at radius 1 is 1.36 bits per heavy atom. The van der Waals surface area contributed by atoms with Crippen molar-refractivity contribution in [2.75, 3.05) is 0 Å². The zero-order valence-corrected chi connectivity index (χ0v) is 5.56. The van der Waals surface area contributed by atoms with E-state index in [2.05, 4.69) is 21.1 Å². The monoisotopic (exact) mass is 146 g/mol. The predicted molar refractivity (Wildman–Crippen MR) is 36.4 cm³/mol. The SMILES string of the molecule is [c]1cncc(-c2cocn2)n1. The van der Waals surface area contributed by atoms with Gasteiger partial charge in [-0.3, -0.25) is 4.98 Å². The molecule has 2 rings (SSSR count). The van der Waals surface area contributed by atoms with E-state index in [1.54, 1.807) is 6.20 Å². The van der Waals surface area contributed by atoms with E-state index in [-0.39, 0.29) is 0 Å². The van der Waals surface area contributed by atoms with E-state index in [0.29, 0.717) is 11.4 Å². The van der Waals surface area contributed by atoms with Crippen molar-refractivity contribution in [1.29, 1.82) is 0 Å². The van der Waals surface area contributed by atoms with Gasteiger partial charge in [-0.1, -0.05) is 0 Å². The Balaban J connectivity index is 2.46. The Kier molecular flexibility index (Phi) is 1.37. The fraction of sp³-hybridized carbons (Fsp3) is 0. The molecule has 0 bridgehead atoms. The first kappa shape index (κ1) is 6.03. The molecule has 0 N–H and O–H groups in total. The minimum Gasteiger partial charge on any atom is -0.451 e. The second-order valence-electron chi connectivity index (χ2n) is 1.91.